The summed E-state index contributed by atoms with van der Waals surface area (Å²) >= 11 is 0. The van der Waals surface area contributed by atoms with E-state index in [4.69, 9.17) is 5.73 Å². The van der Waals surface area contributed by atoms with Crippen molar-refractivity contribution < 1.29 is 4.79 Å². The van der Waals surface area contributed by atoms with Gasteiger partial charge in [0.25, 0.3) is 0 Å². The number of amides is 1. The quantitative estimate of drug-likeness (QED) is 0.770. The zero-order valence-corrected chi connectivity index (χ0v) is 12.2. The van der Waals surface area contributed by atoms with Gasteiger partial charge in [-0.05, 0) is 32.2 Å². The summed E-state index contributed by atoms with van der Waals surface area (Å²) < 4.78 is 0. The Balaban J connectivity index is 0.000000492. The topological polar surface area (TPSA) is 46.3 Å². The van der Waals surface area contributed by atoms with Crippen molar-refractivity contribution in [2.75, 3.05) is 6.54 Å². The van der Waals surface area contributed by atoms with Gasteiger partial charge in [-0.1, -0.05) is 46.0 Å². The minimum atomic E-state index is -0.114. The van der Waals surface area contributed by atoms with E-state index in [0.29, 0.717) is 6.04 Å². The van der Waals surface area contributed by atoms with Crippen LogP contribution in [0.15, 0.2) is 0 Å². The smallest absolute Gasteiger partial charge is 0.234 e. The maximum atomic E-state index is 11.3. The van der Waals surface area contributed by atoms with Gasteiger partial charge in [-0.25, -0.2) is 0 Å². The fourth-order valence-electron chi connectivity index (χ4n) is 3.12. The maximum Gasteiger partial charge on any atom is 0.234 e. The summed E-state index contributed by atoms with van der Waals surface area (Å²) in [5.41, 5.74) is 5.45. The lowest BCUT2D eigenvalue weighted by Crippen LogP contribution is -2.45. The Morgan fingerprint density at radius 1 is 1.06 bits per heavy atom. The molecule has 2 aliphatic rings. The van der Waals surface area contributed by atoms with Crippen molar-refractivity contribution in [3.05, 3.63) is 0 Å². The molecule has 3 nitrogen and oxygen atoms in total. The number of primary amides is 1. The van der Waals surface area contributed by atoms with Crippen molar-refractivity contribution in [1.82, 2.24) is 4.90 Å². The molecule has 2 N–H and O–H groups in total. The summed E-state index contributed by atoms with van der Waals surface area (Å²) in [5.74, 6) is -0.114. The second-order valence-electron chi connectivity index (χ2n) is 5.65. The highest BCUT2D eigenvalue weighted by atomic mass is 16.1. The molecule has 1 aliphatic heterocycles. The van der Waals surface area contributed by atoms with Crippen LogP contribution in [-0.2, 0) is 4.79 Å². The number of rotatable bonds is 2. The lowest BCUT2D eigenvalue weighted by atomic mass is 10.1. The molecule has 1 amide bonds. The first-order chi connectivity index (χ1) is 8.70. The molecule has 0 spiro atoms. The predicted molar refractivity (Wildman–Crippen MR) is 76.4 cm³/mol. The van der Waals surface area contributed by atoms with Gasteiger partial charge in [-0.15, -0.1) is 0 Å². The van der Waals surface area contributed by atoms with Gasteiger partial charge in [-0.2, -0.15) is 0 Å². The zero-order valence-electron chi connectivity index (χ0n) is 12.2. The van der Waals surface area contributed by atoms with Gasteiger partial charge in [0.1, 0.15) is 0 Å². The van der Waals surface area contributed by atoms with Crippen LogP contribution in [-0.4, -0.2) is 29.4 Å². The van der Waals surface area contributed by atoms with E-state index in [9.17, 15) is 4.79 Å². The third kappa shape index (κ3) is 4.60. The average molecular weight is 254 g/mol. The van der Waals surface area contributed by atoms with Crippen molar-refractivity contribution in [3.63, 3.8) is 0 Å². The number of carbonyl (C=O) groups is 1. The first-order valence-electron chi connectivity index (χ1n) is 7.75. The van der Waals surface area contributed by atoms with Crippen LogP contribution in [0.1, 0.15) is 71.6 Å². The predicted octanol–water partition coefficient (Wildman–Crippen LogP) is 3.08. The van der Waals surface area contributed by atoms with Crippen LogP contribution >= 0.6 is 0 Å². The van der Waals surface area contributed by atoms with E-state index in [0.717, 1.165) is 19.4 Å². The van der Waals surface area contributed by atoms with Gasteiger partial charge >= 0.3 is 0 Å². The molecule has 2 fully saturated rings. The van der Waals surface area contributed by atoms with Crippen molar-refractivity contribution in [1.29, 1.82) is 0 Å². The molecule has 1 heterocycles. The zero-order chi connectivity index (χ0) is 13.4. The Hall–Kier alpha value is -0.570. The van der Waals surface area contributed by atoms with Crippen molar-refractivity contribution in [2.24, 2.45) is 5.73 Å². The number of hydrogen-bond donors (Lipinski definition) is 1. The Morgan fingerprint density at radius 3 is 2.11 bits per heavy atom. The van der Waals surface area contributed by atoms with E-state index < -0.39 is 0 Å². The SMILES string of the molecule is CCC.NC(=O)[C@@H]1CCCN1C1CCCCCC1. The minimum Gasteiger partial charge on any atom is -0.368 e. The molecule has 0 aromatic heterocycles. The molecule has 3 heteroatoms. The van der Waals surface area contributed by atoms with Gasteiger partial charge in [-0.3, -0.25) is 9.69 Å². The van der Waals surface area contributed by atoms with E-state index in [1.54, 1.807) is 0 Å². The molecule has 18 heavy (non-hydrogen) atoms. The second kappa shape index (κ2) is 8.52. The molecular weight excluding hydrogens is 224 g/mol. The molecule has 0 unspecified atom stereocenters. The number of nitrogens with two attached hydrogens (primary N) is 1. The highest BCUT2D eigenvalue weighted by Gasteiger charge is 2.33. The number of nitrogens with zero attached hydrogens (tertiary/aromatic N) is 1. The summed E-state index contributed by atoms with van der Waals surface area (Å²) in [6, 6.07) is 0.667. The lowest BCUT2D eigenvalue weighted by Gasteiger charge is -2.30. The molecule has 2 rings (SSSR count). The molecular formula is C15H30N2O. The van der Waals surface area contributed by atoms with Crippen LogP contribution in [0, 0.1) is 0 Å². The molecule has 1 atom stereocenters. The molecule has 0 bridgehead atoms. The molecule has 1 saturated heterocycles. The first-order valence-corrected chi connectivity index (χ1v) is 7.75. The minimum absolute atomic E-state index is 0.0353. The van der Waals surface area contributed by atoms with Gasteiger partial charge < -0.3 is 5.73 Å². The third-order valence-corrected chi connectivity index (χ3v) is 3.92. The summed E-state index contributed by atoms with van der Waals surface area (Å²) in [6.45, 7) is 5.33. The number of likely N-dealkylation sites (tertiary alicyclic amines) is 1. The monoisotopic (exact) mass is 254 g/mol. The average Bonchev–Trinajstić information content (AvgIpc) is 2.67. The maximum absolute atomic E-state index is 11.3. The molecule has 0 radical (unpaired) electrons. The Kier molecular flexibility index (Phi) is 7.33. The molecule has 106 valence electrons. The first kappa shape index (κ1) is 15.5. The van der Waals surface area contributed by atoms with Crippen LogP contribution < -0.4 is 5.73 Å². The third-order valence-electron chi connectivity index (χ3n) is 3.92. The molecule has 0 aromatic rings. The fraction of sp³-hybridized carbons (Fsp3) is 0.933. The Bertz CT molecular complexity index is 235. The van der Waals surface area contributed by atoms with Crippen LogP contribution in [0.2, 0.25) is 0 Å². The van der Waals surface area contributed by atoms with Crippen LogP contribution in [0.3, 0.4) is 0 Å². The van der Waals surface area contributed by atoms with Gasteiger partial charge in [0.05, 0.1) is 6.04 Å². The van der Waals surface area contributed by atoms with E-state index in [-0.39, 0.29) is 11.9 Å². The van der Waals surface area contributed by atoms with Crippen molar-refractivity contribution in [3.8, 4) is 0 Å². The largest absolute Gasteiger partial charge is 0.368 e. The number of hydrogen-bond acceptors (Lipinski definition) is 2. The van der Waals surface area contributed by atoms with Crippen LogP contribution in [0.4, 0.5) is 0 Å². The van der Waals surface area contributed by atoms with E-state index in [1.165, 1.54) is 44.9 Å². The van der Waals surface area contributed by atoms with E-state index in [2.05, 4.69) is 18.7 Å². The summed E-state index contributed by atoms with van der Waals surface area (Å²) in [7, 11) is 0. The highest BCUT2D eigenvalue weighted by molar-refractivity contribution is 5.80. The van der Waals surface area contributed by atoms with Crippen molar-refractivity contribution >= 4 is 5.91 Å². The highest BCUT2D eigenvalue weighted by Crippen LogP contribution is 2.28. The van der Waals surface area contributed by atoms with Gasteiger partial charge in [0, 0.05) is 6.04 Å². The van der Waals surface area contributed by atoms with Gasteiger partial charge in [0.2, 0.25) is 5.91 Å². The normalized spacial score (nSPS) is 26.2. The number of carbonyl (C=O) groups excluding carboxylic acids is 1. The molecule has 1 aliphatic carbocycles. The molecule has 1 saturated carbocycles. The Labute approximate surface area is 112 Å². The van der Waals surface area contributed by atoms with E-state index in [1.807, 2.05) is 0 Å². The second-order valence-corrected chi connectivity index (χ2v) is 5.65. The lowest BCUT2D eigenvalue weighted by molar-refractivity contribution is -0.123. The van der Waals surface area contributed by atoms with Crippen LogP contribution in [0.5, 0.6) is 0 Å². The van der Waals surface area contributed by atoms with E-state index >= 15 is 0 Å². The van der Waals surface area contributed by atoms with Crippen molar-refractivity contribution in [2.45, 2.75) is 83.7 Å². The summed E-state index contributed by atoms with van der Waals surface area (Å²) in [6.07, 6.45) is 11.3. The Morgan fingerprint density at radius 2 is 1.61 bits per heavy atom. The fourth-order valence-corrected chi connectivity index (χ4v) is 3.12. The molecule has 0 aromatic carbocycles. The van der Waals surface area contributed by atoms with Crippen LogP contribution in [0.25, 0.3) is 0 Å². The standard InChI is InChI=1S/C12H22N2O.C3H8/c13-12(15)11-8-5-9-14(11)10-6-3-1-2-4-7-10;1-3-2/h10-11H,1-9H2,(H2,13,15);3H2,1-2H3/t11-;/m0./s1. The van der Waals surface area contributed by atoms with Gasteiger partial charge in [0.15, 0.2) is 0 Å². The summed E-state index contributed by atoms with van der Waals surface area (Å²) in [5, 5.41) is 0. The summed E-state index contributed by atoms with van der Waals surface area (Å²) in [4.78, 5) is 13.7.